The highest BCUT2D eigenvalue weighted by atomic mass is 16.5. The summed E-state index contributed by atoms with van der Waals surface area (Å²) in [6, 6.07) is 0.536. The highest BCUT2D eigenvalue weighted by Crippen LogP contribution is 2.29. The molecule has 2 rings (SSSR count). The highest BCUT2D eigenvalue weighted by molar-refractivity contribution is 5.74. The minimum atomic E-state index is 0.0994. The topological polar surface area (TPSA) is 44.8 Å². The second kappa shape index (κ2) is 7.99. The SMILES string of the molecule is CC(C)COCCNC(=O)N1CCC[C@@H]2CN(C)CC[C@H]21. The first kappa shape index (κ1) is 16.6. The van der Waals surface area contributed by atoms with E-state index in [1.807, 2.05) is 0 Å². The quantitative estimate of drug-likeness (QED) is 0.787. The van der Waals surface area contributed by atoms with Crippen LogP contribution in [-0.4, -0.2) is 68.3 Å². The molecule has 5 nitrogen and oxygen atoms in total. The number of nitrogens with zero attached hydrogens (tertiary/aromatic N) is 2. The molecule has 2 heterocycles. The Morgan fingerprint density at radius 3 is 2.90 bits per heavy atom. The molecule has 5 heteroatoms. The zero-order valence-electron chi connectivity index (χ0n) is 13.8. The summed E-state index contributed by atoms with van der Waals surface area (Å²) in [7, 11) is 2.18. The van der Waals surface area contributed by atoms with Crippen molar-refractivity contribution in [1.82, 2.24) is 15.1 Å². The average Bonchev–Trinajstić information content (AvgIpc) is 2.45. The molecule has 0 unspecified atom stereocenters. The minimum Gasteiger partial charge on any atom is -0.379 e. The average molecular weight is 297 g/mol. The Kier molecular flexibility index (Phi) is 6.30. The van der Waals surface area contributed by atoms with Crippen molar-refractivity contribution in [3.05, 3.63) is 0 Å². The molecule has 2 saturated heterocycles. The van der Waals surface area contributed by atoms with Crippen LogP contribution in [0, 0.1) is 11.8 Å². The van der Waals surface area contributed by atoms with Gasteiger partial charge in [0.25, 0.3) is 0 Å². The number of piperidine rings is 2. The van der Waals surface area contributed by atoms with Crippen LogP contribution in [0.1, 0.15) is 33.1 Å². The number of carbonyl (C=O) groups is 1. The van der Waals surface area contributed by atoms with Crippen molar-refractivity contribution in [3.63, 3.8) is 0 Å². The number of fused-ring (bicyclic) bond motifs is 1. The van der Waals surface area contributed by atoms with Gasteiger partial charge in [-0.05, 0) is 44.7 Å². The molecule has 0 aromatic carbocycles. The number of nitrogens with one attached hydrogen (secondary N) is 1. The molecule has 2 amide bonds. The second-order valence-corrected chi connectivity index (χ2v) is 6.91. The van der Waals surface area contributed by atoms with Gasteiger partial charge in [0.05, 0.1) is 6.61 Å². The van der Waals surface area contributed by atoms with E-state index in [0.717, 1.165) is 39.1 Å². The maximum absolute atomic E-state index is 12.4. The summed E-state index contributed by atoms with van der Waals surface area (Å²) in [4.78, 5) is 16.8. The van der Waals surface area contributed by atoms with E-state index >= 15 is 0 Å². The van der Waals surface area contributed by atoms with Crippen LogP contribution >= 0.6 is 0 Å². The Bertz CT molecular complexity index is 335. The fraction of sp³-hybridized carbons (Fsp3) is 0.938. The number of rotatable bonds is 5. The first-order chi connectivity index (χ1) is 10.1. The molecule has 1 N–H and O–H groups in total. The molecule has 2 aliphatic rings. The minimum absolute atomic E-state index is 0.0994. The van der Waals surface area contributed by atoms with Gasteiger partial charge in [-0.15, -0.1) is 0 Å². The maximum Gasteiger partial charge on any atom is 0.317 e. The lowest BCUT2D eigenvalue weighted by Crippen LogP contribution is -2.57. The molecule has 0 aromatic heterocycles. The Balaban J connectivity index is 1.73. The van der Waals surface area contributed by atoms with Gasteiger partial charge in [-0.1, -0.05) is 13.8 Å². The number of ether oxygens (including phenoxy) is 1. The van der Waals surface area contributed by atoms with Gasteiger partial charge < -0.3 is 19.9 Å². The lowest BCUT2D eigenvalue weighted by atomic mass is 9.84. The van der Waals surface area contributed by atoms with Gasteiger partial charge in [-0.2, -0.15) is 0 Å². The second-order valence-electron chi connectivity index (χ2n) is 6.91. The van der Waals surface area contributed by atoms with Gasteiger partial charge in [0.15, 0.2) is 0 Å². The number of amides is 2. The summed E-state index contributed by atoms with van der Waals surface area (Å²) in [6.07, 6.45) is 3.50. The first-order valence-corrected chi connectivity index (χ1v) is 8.38. The summed E-state index contributed by atoms with van der Waals surface area (Å²) in [5, 5.41) is 3.02. The number of hydrogen-bond acceptors (Lipinski definition) is 3. The molecular formula is C16H31N3O2. The van der Waals surface area contributed by atoms with Crippen LogP contribution < -0.4 is 5.32 Å². The van der Waals surface area contributed by atoms with E-state index in [1.54, 1.807) is 0 Å². The fourth-order valence-electron chi connectivity index (χ4n) is 3.49. The molecule has 0 aromatic rings. The zero-order valence-corrected chi connectivity index (χ0v) is 13.8. The lowest BCUT2D eigenvalue weighted by Gasteiger charge is -2.46. The van der Waals surface area contributed by atoms with E-state index < -0.39 is 0 Å². The van der Waals surface area contributed by atoms with Crippen molar-refractivity contribution in [2.45, 2.75) is 39.2 Å². The summed E-state index contributed by atoms with van der Waals surface area (Å²) in [5.41, 5.74) is 0. The van der Waals surface area contributed by atoms with E-state index in [0.29, 0.717) is 31.0 Å². The third-order valence-corrected chi connectivity index (χ3v) is 4.51. The largest absolute Gasteiger partial charge is 0.379 e. The lowest BCUT2D eigenvalue weighted by molar-refractivity contribution is 0.0517. The van der Waals surface area contributed by atoms with Crippen LogP contribution in [0.3, 0.4) is 0 Å². The van der Waals surface area contributed by atoms with Crippen molar-refractivity contribution in [2.75, 3.05) is 46.4 Å². The molecule has 0 radical (unpaired) electrons. The van der Waals surface area contributed by atoms with Gasteiger partial charge in [-0.25, -0.2) is 4.79 Å². The summed E-state index contributed by atoms with van der Waals surface area (Å²) in [5.74, 6) is 1.20. The number of likely N-dealkylation sites (tertiary alicyclic amines) is 2. The number of urea groups is 1. The number of hydrogen-bond donors (Lipinski definition) is 1. The normalized spacial score (nSPS) is 26.8. The highest BCUT2D eigenvalue weighted by Gasteiger charge is 2.37. The molecule has 0 spiro atoms. The standard InChI is InChI=1S/C16H31N3O2/c1-13(2)12-21-10-7-17-16(20)19-8-4-5-14-11-18(3)9-6-15(14)19/h13-15H,4-12H2,1-3H3,(H,17,20)/t14-,15-/m1/s1. The Hall–Kier alpha value is -0.810. The molecule has 2 fully saturated rings. The van der Waals surface area contributed by atoms with Crippen molar-refractivity contribution in [2.24, 2.45) is 11.8 Å². The fourth-order valence-corrected chi connectivity index (χ4v) is 3.49. The third kappa shape index (κ3) is 4.85. The summed E-state index contributed by atoms with van der Waals surface area (Å²) in [6.45, 7) is 9.38. The van der Waals surface area contributed by atoms with E-state index in [9.17, 15) is 4.79 Å². The molecule has 21 heavy (non-hydrogen) atoms. The van der Waals surface area contributed by atoms with Gasteiger partial charge in [0.2, 0.25) is 0 Å². The van der Waals surface area contributed by atoms with Gasteiger partial charge in [0, 0.05) is 32.3 Å². The van der Waals surface area contributed by atoms with Crippen LogP contribution in [0.4, 0.5) is 4.79 Å². The Morgan fingerprint density at radius 1 is 1.33 bits per heavy atom. The van der Waals surface area contributed by atoms with Crippen LogP contribution in [-0.2, 0) is 4.74 Å². The zero-order chi connectivity index (χ0) is 15.2. The van der Waals surface area contributed by atoms with Crippen molar-refractivity contribution >= 4 is 6.03 Å². The van der Waals surface area contributed by atoms with E-state index in [-0.39, 0.29) is 6.03 Å². The molecule has 2 atom stereocenters. The predicted molar refractivity (Wildman–Crippen MR) is 84.4 cm³/mol. The molecule has 0 saturated carbocycles. The molecule has 122 valence electrons. The predicted octanol–water partition coefficient (Wildman–Crippen LogP) is 1.78. The smallest absolute Gasteiger partial charge is 0.317 e. The van der Waals surface area contributed by atoms with Gasteiger partial charge >= 0.3 is 6.03 Å². The maximum atomic E-state index is 12.4. The summed E-state index contributed by atoms with van der Waals surface area (Å²) >= 11 is 0. The third-order valence-electron chi connectivity index (χ3n) is 4.51. The Labute approximate surface area is 129 Å². The van der Waals surface area contributed by atoms with Gasteiger partial charge in [-0.3, -0.25) is 0 Å². The molecular weight excluding hydrogens is 266 g/mol. The molecule has 0 aliphatic carbocycles. The molecule has 0 bridgehead atoms. The van der Waals surface area contributed by atoms with Crippen molar-refractivity contribution in [1.29, 1.82) is 0 Å². The van der Waals surface area contributed by atoms with E-state index in [2.05, 4.69) is 36.0 Å². The van der Waals surface area contributed by atoms with Crippen LogP contribution in [0.15, 0.2) is 0 Å². The van der Waals surface area contributed by atoms with Crippen LogP contribution in [0.2, 0.25) is 0 Å². The van der Waals surface area contributed by atoms with Crippen molar-refractivity contribution in [3.8, 4) is 0 Å². The van der Waals surface area contributed by atoms with Crippen molar-refractivity contribution < 1.29 is 9.53 Å². The van der Waals surface area contributed by atoms with E-state index in [1.165, 1.54) is 6.42 Å². The van der Waals surface area contributed by atoms with Crippen LogP contribution in [0.25, 0.3) is 0 Å². The van der Waals surface area contributed by atoms with Gasteiger partial charge in [0.1, 0.15) is 0 Å². The number of carbonyl (C=O) groups excluding carboxylic acids is 1. The Morgan fingerprint density at radius 2 is 2.14 bits per heavy atom. The van der Waals surface area contributed by atoms with Crippen LogP contribution in [0.5, 0.6) is 0 Å². The van der Waals surface area contributed by atoms with E-state index in [4.69, 9.17) is 4.74 Å². The first-order valence-electron chi connectivity index (χ1n) is 8.38. The monoisotopic (exact) mass is 297 g/mol. The summed E-state index contributed by atoms with van der Waals surface area (Å²) < 4.78 is 5.51. The molecule has 2 aliphatic heterocycles.